The molecule has 1 fully saturated rings. The van der Waals surface area contributed by atoms with Gasteiger partial charge in [0, 0.05) is 14.2 Å². The maximum atomic E-state index is 10.8. The topological polar surface area (TPSA) is 67.8 Å². The maximum absolute atomic E-state index is 10.8. The van der Waals surface area contributed by atoms with E-state index in [2.05, 4.69) is 5.32 Å². The molecule has 0 bridgehead atoms. The van der Waals surface area contributed by atoms with Gasteiger partial charge in [0.2, 0.25) is 0 Å². The summed E-state index contributed by atoms with van der Waals surface area (Å²) in [5.74, 6) is 0.315. The van der Waals surface area contributed by atoms with Crippen LogP contribution in [0.15, 0.2) is 0 Å². The van der Waals surface area contributed by atoms with E-state index >= 15 is 0 Å². The largest absolute Gasteiger partial charge is 0.465 e. The Morgan fingerprint density at radius 2 is 1.81 bits per heavy atom. The smallest absolute Gasteiger partial charge is 0.405 e. The van der Waals surface area contributed by atoms with Crippen LogP contribution in [0.25, 0.3) is 0 Å². The summed E-state index contributed by atoms with van der Waals surface area (Å²) in [5.41, 5.74) is 0. The second-order valence-electron chi connectivity index (χ2n) is 4.21. The van der Waals surface area contributed by atoms with Crippen LogP contribution in [0.2, 0.25) is 0 Å². The molecule has 5 nitrogen and oxygen atoms in total. The van der Waals surface area contributed by atoms with Crippen molar-refractivity contribution < 1.29 is 19.4 Å². The molecular formula is C11H21NO4. The van der Waals surface area contributed by atoms with Crippen molar-refractivity contribution in [2.24, 2.45) is 5.92 Å². The van der Waals surface area contributed by atoms with Crippen molar-refractivity contribution in [1.82, 2.24) is 5.32 Å². The normalized spacial score (nSPS) is 19.7. The fourth-order valence-electron chi connectivity index (χ4n) is 2.43. The van der Waals surface area contributed by atoms with Gasteiger partial charge in [-0.25, -0.2) is 4.79 Å². The third-order valence-electron chi connectivity index (χ3n) is 3.21. The molecule has 1 aliphatic carbocycles. The van der Waals surface area contributed by atoms with Gasteiger partial charge in [-0.05, 0) is 18.8 Å². The Balaban J connectivity index is 2.63. The summed E-state index contributed by atoms with van der Waals surface area (Å²) in [5, 5.41) is 11.4. The van der Waals surface area contributed by atoms with E-state index in [1.165, 1.54) is 20.6 Å². The lowest BCUT2D eigenvalue weighted by atomic mass is 9.83. The van der Waals surface area contributed by atoms with Gasteiger partial charge in [-0.15, -0.1) is 0 Å². The lowest BCUT2D eigenvalue weighted by Gasteiger charge is -2.33. The molecule has 5 heteroatoms. The average molecular weight is 231 g/mol. The second kappa shape index (κ2) is 6.70. The Bertz CT molecular complexity index is 212. The fraction of sp³-hybridized carbons (Fsp3) is 0.909. The second-order valence-corrected chi connectivity index (χ2v) is 4.21. The number of methoxy groups -OCH3 is 2. The zero-order valence-electron chi connectivity index (χ0n) is 9.94. The summed E-state index contributed by atoms with van der Waals surface area (Å²) in [6.45, 7) is 0. The van der Waals surface area contributed by atoms with Crippen molar-refractivity contribution in [2.45, 2.75) is 44.4 Å². The van der Waals surface area contributed by atoms with Crippen LogP contribution in [0.5, 0.6) is 0 Å². The summed E-state index contributed by atoms with van der Waals surface area (Å²) >= 11 is 0. The van der Waals surface area contributed by atoms with Crippen LogP contribution in [0.4, 0.5) is 4.79 Å². The van der Waals surface area contributed by atoms with Crippen LogP contribution in [-0.2, 0) is 9.47 Å². The van der Waals surface area contributed by atoms with Crippen molar-refractivity contribution in [3.63, 3.8) is 0 Å². The predicted octanol–water partition coefficient (Wildman–Crippen LogP) is 1.82. The minimum atomic E-state index is -1.02. The van der Waals surface area contributed by atoms with E-state index in [-0.39, 0.29) is 6.04 Å². The third-order valence-corrected chi connectivity index (χ3v) is 3.21. The Morgan fingerprint density at radius 3 is 2.25 bits per heavy atom. The van der Waals surface area contributed by atoms with Crippen LogP contribution in [0.3, 0.4) is 0 Å². The Labute approximate surface area is 96.1 Å². The molecule has 1 amide bonds. The van der Waals surface area contributed by atoms with Gasteiger partial charge in [0.05, 0.1) is 6.04 Å². The van der Waals surface area contributed by atoms with Crippen molar-refractivity contribution in [3.05, 3.63) is 0 Å². The number of hydrogen-bond acceptors (Lipinski definition) is 3. The first-order valence-electron chi connectivity index (χ1n) is 5.74. The van der Waals surface area contributed by atoms with E-state index in [9.17, 15) is 4.79 Å². The SMILES string of the molecule is COC(OC)C(NC(=O)O)C1CCCCC1. The van der Waals surface area contributed by atoms with Crippen LogP contribution in [-0.4, -0.2) is 37.8 Å². The molecule has 1 atom stereocenters. The third kappa shape index (κ3) is 3.64. The summed E-state index contributed by atoms with van der Waals surface area (Å²) in [6.07, 6.45) is 4.10. The van der Waals surface area contributed by atoms with Gasteiger partial charge in [-0.1, -0.05) is 19.3 Å². The highest BCUT2D eigenvalue weighted by Gasteiger charge is 2.32. The van der Waals surface area contributed by atoms with E-state index in [4.69, 9.17) is 14.6 Å². The lowest BCUT2D eigenvalue weighted by molar-refractivity contribution is -0.133. The maximum Gasteiger partial charge on any atom is 0.405 e. The summed E-state index contributed by atoms with van der Waals surface area (Å²) in [7, 11) is 3.07. The van der Waals surface area contributed by atoms with Crippen LogP contribution < -0.4 is 5.32 Å². The highest BCUT2D eigenvalue weighted by atomic mass is 16.7. The van der Waals surface area contributed by atoms with Gasteiger partial charge < -0.3 is 19.9 Å². The van der Waals surface area contributed by atoms with Crippen LogP contribution in [0, 0.1) is 5.92 Å². The number of amides is 1. The van der Waals surface area contributed by atoms with Crippen molar-refractivity contribution >= 4 is 6.09 Å². The van der Waals surface area contributed by atoms with Gasteiger partial charge in [-0.3, -0.25) is 0 Å². The predicted molar refractivity (Wildman–Crippen MR) is 59.3 cm³/mol. The molecule has 0 aromatic carbocycles. The van der Waals surface area contributed by atoms with Crippen LogP contribution in [0.1, 0.15) is 32.1 Å². The van der Waals surface area contributed by atoms with E-state index in [0.29, 0.717) is 5.92 Å². The first kappa shape index (κ1) is 13.3. The van der Waals surface area contributed by atoms with E-state index in [1.54, 1.807) is 0 Å². The highest BCUT2D eigenvalue weighted by molar-refractivity contribution is 5.64. The molecule has 1 unspecified atom stereocenters. The standard InChI is InChI=1S/C11H21NO4/c1-15-10(16-2)9(12-11(13)14)8-6-4-3-5-7-8/h8-10,12H,3-7H2,1-2H3,(H,13,14). The number of rotatable bonds is 5. The van der Waals surface area contributed by atoms with Gasteiger partial charge in [0.15, 0.2) is 6.29 Å². The molecule has 16 heavy (non-hydrogen) atoms. The van der Waals surface area contributed by atoms with Crippen molar-refractivity contribution in [3.8, 4) is 0 Å². The Morgan fingerprint density at radius 1 is 1.25 bits per heavy atom. The molecule has 1 aliphatic rings. The molecular weight excluding hydrogens is 210 g/mol. The van der Waals surface area contributed by atoms with E-state index in [1.807, 2.05) is 0 Å². The molecule has 0 heterocycles. The van der Waals surface area contributed by atoms with Gasteiger partial charge in [-0.2, -0.15) is 0 Å². The first-order chi connectivity index (χ1) is 7.69. The van der Waals surface area contributed by atoms with Crippen molar-refractivity contribution in [2.75, 3.05) is 14.2 Å². The number of nitrogens with one attached hydrogen (secondary N) is 1. The molecule has 1 rings (SSSR count). The average Bonchev–Trinajstić information content (AvgIpc) is 2.30. The van der Waals surface area contributed by atoms with E-state index < -0.39 is 12.4 Å². The highest BCUT2D eigenvalue weighted by Crippen LogP contribution is 2.28. The fourth-order valence-corrected chi connectivity index (χ4v) is 2.43. The van der Waals surface area contributed by atoms with Crippen molar-refractivity contribution in [1.29, 1.82) is 0 Å². The minimum Gasteiger partial charge on any atom is -0.465 e. The monoisotopic (exact) mass is 231 g/mol. The molecule has 0 aliphatic heterocycles. The van der Waals surface area contributed by atoms with Gasteiger partial charge in [0.25, 0.3) is 0 Å². The minimum absolute atomic E-state index is 0.271. The van der Waals surface area contributed by atoms with Crippen LogP contribution >= 0.6 is 0 Å². The summed E-state index contributed by atoms with van der Waals surface area (Å²) in [6, 6.07) is -0.271. The quantitative estimate of drug-likeness (QED) is 0.708. The molecule has 1 saturated carbocycles. The summed E-state index contributed by atoms with van der Waals surface area (Å²) < 4.78 is 10.3. The number of hydrogen-bond donors (Lipinski definition) is 2. The molecule has 0 aromatic rings. The Kier molecular flexibility index (Phi) is 5.55. The van der Waals surface area contributed by atoms with E-state index in [0.717, 1.165) is 25.7 Å². The number of carbonyl (C=O) groups is 1. The number of carboxylic acid groups (broad SMARTS) is 1. The molecule has 2 N–H and O–H groups in total. The Hall–Kier alpha value is -0.810. The number of ether oxygens (including phenoxy) is 2. The van der Waals surface area contributed by atoms with Gasteiger partial charge in [0.1, 0.15) is 0 Å². The summed E-state index contributed by atoms with van der Waals surface area (Å²) in [4.78, 5) is 10.8. The lowest BCUT2D eigenvalue weighted by Crippen LogP contribution is -2.49. The van der Waals surface area contributed by atoms with Gasteiger partial charge >= 0.3 is 6.09 Å². The molecule has 0 spiro atoms. The zero-order valence-corrected chi connectivity index (χ0v) is 9.94. The first-order valence-corrected chi connectivity index (χ1v) is 5.74. The zero-order chi connectivity index (χ0) is 12.0. The molecule has 94 valence electrons. The molecule has 0 aromatic heterocycles. The molecule has 0 radical (unpaired) electrons. The molecule has 0 saturated heterocycles.